The molecule has 4 atom stereocenters. The zero-order valence-electron chi connectivity index (χ0n) is 9.74. The number of nitrogens with one attached hydrogen (secondary N) is 2. The van der Waals surface area contributed by atoms with Gasteiger partial charge >= 0.3 is 11.9 Å². The SMILES string of the molecule is O=C(O)[C@@H]1CCC(O)N1.O=C(O)[C@@H]1CCC(O)N1. The van der Waals surface area contributed by atoms with Gasteiger partial charge < -0.3 is 20.4 Å². The molecule has 8 nitrogen and oxygen atoms in total. The molecular formula is C10H18N2O6. The first kappa shape index (κ1) is 14.8. The molecule has 2 aliphatic rings. The average Bonchev–Trinajstić information content (AvgIpc) is 2.88. The van der Waals surface area contributed by atoms with Gasteiger partial charge in [-0.1, -0.05) is 0 Å². The topological polar surface area (TPSA) is 139 Å². The Morgan fingerprint density at radius 2 is 1.11 bits per heavy atom. The second kappa shape index (κ2) is 6.64. The fourth-order valence-corrected chi connectivity index (χ4v) is 1.84. The molecule has 0 aromatic carbocycles. The molecule has 0 aliphatic carbocycles. The molecule has 0 aromatic heterocycles. The van der Waals surface area contributed by atoms with E-state index in [-0.39, 0.29) is 0 Å². The summed E-state index contributed by atoms with van der Waals surface area (Å²) in [5, 5.41) is 39.3. The molecule has 2 fully saturated rings. The Balaban J connectivity index is 0.000000180. The molecule has 2 saturated heterocycles. The van der Waals surface area contributed by atoms with E-state index in [2.05, 4.69) is 10.6 Å². The van der Waals surface area contributed by atoms with Crippen molar-refractivity contribution in [2.45, 2.75) is 50.2 Å². The van der Waals surface area contributed by atoms with Gasteiger partial charge in [-0.3, -0.25) is 20.2 Å². The van der Waals surface area contributed by atoms with Crippen LogP contribution in [0.15, 0.2) is 0 Å². The Morgan fingerprint density at radius 3 is 1.22 bits per heavy atom. The molecule has 2 unspecified atom stereocenters. The lowest BCUT2D eigenvalue weighted by Crippen LogP contribution is -2.34. The summed E-state index contributed by atoms with van der Waals surface area (Å²) in [4.78, 5) is 20.3. The van der Waals surface area contributed by atoms with Crippen LogP contribution in [0.5, 0.6) is 0 Å². The smallest absolute Gasteiger partial charge is 0.320 e. The molecule has 0 amide bonds. The van der Waals surface area contributed by atoms with E-state index < -0.39 is 36.5 Å². The molecule has 6 N–H and O–H groups in total. The van der Waals surface area contributed by atoms with E-state index in [0.717, 1.165) is 0 Å². The quantitative estimate of drug-likeness (QED) is 0.345. The summed E-state index contributed by atoms with van der Waals surface area (Å²) in [7, 11) is 0. The number of carbonyl (C=O) groups is 2. The molecule has 0 spiro atoms. The molecule has 0 saturated carbocycles. The van der Waals surface area contributed by atoms with Crippen molar-refractivity contribution in [1.82, 2.24) is 10.6 Å². The minimum absolute atomic E-state index is 0.524. The Hall–Kier alpha value is -1.22. The van der Waals surface area contributed by atoms with Gasteiger partial charge in [-0.25, -0.2) is 0 Å². The number of hydrogen-bond acceptors (Lipinski definition) is 6. The lowest BCUT2D eigenvalue weighted by molar-refractivity contribution is -0.140. The van der Waals surface area contributed by atoms with E-state index in [1.807, 2.05) is 0 Å². The number of rotatable bonds is 2. The Bertz CT molecular complexity index is 281. The van der Waals surface area contributed by atoms with Crippen LogP contribution in [-0.2, 0) is 9.59 Å². The standard InChI is InChI=1S/2C5H9NO3/c2*7-4-2-1-3(6-4)5(8)9/h2*3-4,6-7H,1-2H2,(H,8,9)/t2*3-,4?/m00/s1. The molecule has 2 heterocycles. The highest BCUT2D eigenvalue weighted by Gasteiger charge is 2.27. The van der Waals surface area contributed by atoms with E-state index in [1.165, 1.54) is 0 Å². The fraction of sp³-hybridized carbons (Fsp3) is 0.800. The molecule has 0 radical (unpaired) electrons. The van der Waals surface area contributed by atoms with E-state index in [0.29, 0.717) is 25.7 Å². The summed E-state index contributed by atoms with van der Waals surface area (Å²) in [5.41, 5.74) is 0. The second-order valence-corrected chi connectivity index (χ2v) is 4.30. The lowest BCUT2D eigenvalue weighted by Gasteiger charge is -2.03. The summed E-state index contributed by atoms with van der Waals surface area (Å²) < 4.78 is 0. The summed E-state index contributed by atoms with van der Waals surface area (Å²) in [5.74, 6) is -1.77. The van der Waals surface area contributed by atoms with Gasteiger partial charge in [0.15, 0.2) is 0 Å². The number of hydrogen-bond donors (Lipinski definition) is 6. The van der Waals surface area contributed by atoms with Crippen molar-refractivity contribution in [3.05, 3.63) is 0 Å². The van der Waals surface area contributed by atoms with Crippen LogP contribution >= 0.6 is 0 Å². The van der Waals surface area contributed by atoms with Crippen LogP contribution in [0.2, 0.25) is 0 Å². The molecule has 0 bridgehead atoms. The van der Waals surface area contributed by atoms with E-state index in [4.69, 9.17) is 20.4 Å². The molecule has 0 aromatic rings. The zero-order valence-corrected chi connectivity index (χ0v) is 9.74. The molecule has 2 aliphatic heterocycles. The second-order valence-electron chi connectivity index (χ2n) is 4.30. The predicted octanol–water partition coefficient (Wildman–Crippen LogP) is -1.72. The lowest BCUT2D eigenvalue weighted by atomic mass is 10.2. The van der Waals surface area contributed by atoms with Crippen molar-refractivity contribution in [3.8, 4) is 0 Å². The Kier molecular flexibility index (Phi) is 5.48. The number of aliphatic hydroxyl groups is 2. The molecule has 104 valence electrons. The fourth-order valence-electron chi connectivity index (χ4n) is 1.84. The van der Waals surface area contributed by atoms with Gasteiger partial charge in [0, 0.05) is 0 Å². The van der Waals surface area contributed by atoms with Crippen molar-refractivity contribution in [2.24, 2.45) is 0 Å². The van der Waals surface area contributed by atoms with Gasteiger partial charge in [0.2, 0.25) is 0 Å². The first-order valence-electron chi connectivity index (χ1n) is 5.74. The number of aliphatic carboxylic acids is 2. The number of carboxylic acid groups (broad SMARTS) is 2. The average molecular weight is 262 g/mol. The Labute approximate surface area is 104 Å². The van der Waals surface area contributed by atoms with Crippen molar-refractivity contribution in [3.63, 3.8) is 0 Å². The van der Waals surface area contributed by atoms with Crippen molar-refractivity contribution in [1.29, 1.82) is 0 Å². The molecular weight excluding hydrogens is 244 g/mol. The molecule has 18 heavy (non-hydrogen) atoms. The summed E-state index contributed by atoms with van der Waals surface area (Å²) in [6.07, 6.45) is 0.887. The maximum absolute atomic E-state index is 10.2. The van der Waals surface area contributed by atoms with Crippen molar-refractivity contribution in [2.75, 3.05) is 0 Å². The van der Waals surface area contributed by atoms with E-state index >= 15 is 0 Å². The predicted molar refractivity (Wildman–Crippen MR) is 59.6 cm³/mol. The maximum Gasteiger partial charge on any atom is 0.320 e. The van der Waals surface area contributed by atoms with Gasteiger partial charge in [-0.15, -0.1) is 0 Å². The highest BCUT2D eigenvalue weighted by molar-refractivity contribution is 5.74. The van der Waals surface area contributed by atoms with Crippen molar-refractivity contribution < 1.29 is 30.0 Å². The van der Waals surface area contributed by atoms with Crippen LogP contribution in [0.4, 0.5) is 0 Å². The summed E-state index contributed by atoms with van der Waals surface area (Å²) in [6.45, 7) is 0. The normalized spacial score (nSPS) is 34.8. The first-order valence-corrected chi connectivity index (χ1v) is 5.74. The third kappa shape index (κ3) is 4.57. The van der Waals surface area contributed by atoms with Crippen molar-refractivity contribution >= 4 is 11.9 Å². The van der Waals surface area contributed by atoms with E-state index in [1.54, 1.807) is 0 Å². The van der Waals surface area contributed by atoms with Crippen LogP contribution in [0.1, 0.15) is 25.7 Å². The van der Waals surface area contributed by atoms with Crippen LogP contribution < -0.4 is 10.6 Å². The first-order chi connectivity index (χ1) is 8.40. The third-order valence-corrected chi connectivity index (χ3v) is 2.84. The van der Waals surface area contributed by atoms with Gasteiger partial charge in [0.25, 0.3) is 0 Å². The number of aliphatic hydroxyl groups excluding tert-OH is 2. The Morgan fingerprint density at radius 1 is 0.778 bits per heavy atom. The van der Waals surface area contributed by atoms with E-state index in [9.17, 15) is 9.59 Å². The van der Waals surface area contributed by atoms with Gasteiger partial charge in [0.1, 0.15) is 24.5 Å². The van der Waals surface area contributed by atoms with Gasteiger partial charge in [-0.05, 0) is 25.7 Å². The third-order valence-electron chi connectivity index (χ3n) is 2.84. The summed E-state index contributed by atoms with van der Waals surface area (Å²) >= 11 is 0. The summed E-state index contributed by atoms with van der Waals surface area (Å²) in [6, 6.07) is -1.08. The van der Waals surface area contributed by atoms with Gasteiger partial charge in [-0.2, -0.15) is 0 Å². The highest BCUT2D eigenvalue weighted by atomic mass is 16.4. The minimum atomic E-state index is -0.883. The number of carboxylic acids is 2. The largest absolute Gasteiger partial charge is 0.480 e. The zero-order chi connectivity index (χ0) is 13.7. The highest BCUT2D eigenvalue weighted by Crippen LogP contribution is 2.09. The van der Waals surface area contributed by atoms with Gasteiger partial charge in [0.05, 0.1) is 0 Å². The van der Waals surface area contributed by atoms with Crippen LogP contribution in [0.3, 0.4) is 0 Å². The molecule has 2 rings (SSSR count). The van der Waals surface area contributed by atoms with Crippen LogP contribution in [0.25, 0.3) is 0 Å². The maximum atomic E-state index is 10.2. The molecule has 8 heteroatoms. The minimum Gasteiger partial charge on any atom is -0.480 e. The van der Waals surface area contributed by atoms with Crippen LogP contribution in [0, 0.1) is 0 Å². The van der Waals surface area contributed by atoms with Crippen LogP contribution in [-0.4, -0.2) is 56.9 Å². The monoisotopic (exact) mass is 262 g/mol.